The molecule has 14 N–H and O–H groups in total. The molecule has 1 aliphatic rings. The maximum atomic E-state index is 8.25. The van der Waals surface area contributed by atoms with Crippen LogP contribution in [0.15, 0.2) is 0 Å². The van der Waals surface area contributed by atoms with Crippen molar-refractivity contribution < 1.29 is 39.5 Å². The zero-order valence-corrected chi connectivity index (χ0v) is 29.9. The first-order chi connectivity index (χ1) is 12.2. The van der Waals surface area contributed by atoms with Crippen molar-refractivity contribution in [3.63, 3.8) is 0 Å². The third-order valence-electron chi connectivity index (χ3n) is 2.64. The maximum Gasteiger partial charge on any atom is 0.0431 e. The van der Waals surface area contributed by atoms with E-state index >= 15 is 0 Å². The number of hydrogen-bond acceptors (Lipinski definition) is 7. The third kappa shape index (κ3) is 88.9. The summed E-state index contributed by atoms with van der Waals surface area (Å²) in [5, 5.41) is 31.1. The average molecular weight is 1110 g/mol. The number of hydrogen-bond donors (Lipinski definition) is 7. The van der Waals surface area contributed by atoms with Gasteiger partial charge in [-0.25, -0.2) is 0 Å². The van der Waals surface area contributed by atoms with E-state index in [0.29, 0.717) is 19.9 Å². The second kappa shape index (κ2) is 69.7. The standard InChI is InChI=1S/C5H13NO.C5H12O2.C4H10N2.I3.I2.HI.H3N.2H2O/c2*6-4-2-1-3-5-7;1-2-6-4-3-5-1;1-3-2;1-2;;;;/h7H,1-6H2;6-7H,1-5H2;5-6H,1-4H2;;;1H;1H3;2*1H2/q;;;-1;;;;;. The summed E-state index contributed by atoms with van der Waals surface area (Å²) in [5.74, 6) is 0. The number of halogens is 6. The van der Waals surface area contributed by atoms with E-state index in [1.807, 2.05) is 0 Å². The van der Waals surface area contributed by atoms with E-state index in [1.54, 1.807) is 0 Å². The van der Waals surface area contributed by atoms with E-state index in [0.717, 1.165) is 71.2 Å². The second-order valence-corrected chi connectivity index (χ2v) is 20.9. The van der Waals surface area contributed by atoms with Crippen LogP contribution in [0.4, 0.5) is 0 Å². The molecule has 192 valence electrons. The molecule has 0 aromatic rings. The summed E-state index contributed by atoms with van der Waals surface area (Å²) in [6, 6.07) is 0. The van der Waals surface area contributed by atoms with Crippen LogP contribution in [0.3, 0.4) is 0 Å². The zero-order valence-electron chi connectivity index (χ0n) is 16.8. The molecule has 0 spiro atoms. The van der Waals surface area contributed by atoms with Crippen molar-refractivity contribution in [2.45, 2.75) is 38.5 Å². The van der Waals surface area contributed by atoms with Crippen LogP contribution in [-0.4, -0.2) is 78.8 Å². The predicted octanol–water partition coefficient (Wildman–Crippen LogP) is -0.894. The Balaban J connectivity index is -0.0000000322. The van der Waals surface area contributed by atoms with E-state index in [-0.39, 0.29) is 54.3 Å². The van der Waals surface area contributed by atoms with Crippen molar-refractivity contribution in [3.8, 4) is 0 Å². The monoisotopic (exact) mass is 1110 g/mol. The topological polar surface area (TPSA) is 209 Å². The van der Waals surface area contributed by atoms with Crippen molar-refractivity contribution >= 4 is 98.4 Å². The third-order valence-corrected chi connectivity index (χ3v) is 2.64. The average Bonchev–Trinajstić information content (AvgIpc) is 2.67. The molecule has 1 heterocycles. The molecule has 0 amide bonds. The number of nitrogens with one attached hydrogen (secondary N) is 2. The van der Waals surface area contributed by atoms with Crippen LogP contribution in [0.5, 0.6) is 0 Å². The van der Waals surface area contributed by atoms with E-state index < -0.39 is 0 Å². The summed E-state index contributed by atoms with van der Waals surface area (Å²) >= 11 is 9.54. The van der Waals surface area contributed by atoms with E-state index in [9.17, 15) is 0 Å². The molecule has 1 fully saturated rings. The summed E-state index contributed by atoms with van der Waals surface area (Å²) in [6.45, 7) is 6.11. The normalized spacial score (nSPS) is 10.5. The van der Waals surface area contributed by atoms with Gasteiger partial charge in [-0.15, -0.1) is 24.0 Å². The van der Waals surface area contributed by atoms with Gasteiger partial charge in [0.2, 0.25) is 0 Å². The summed E-state index contributed by atoms with van der Waals surface area (Å²) in [6.07, 6.45) is 5.58. The van der Waals surface area contributed by atoms with Crippen LogP contribution < -0.4 is 35.8 Å². The Labute approximate surface area is 247 Å². The first kappa shape index (κ1) is 54.1. The smallest absolute Gasteiger partial charge is 0.0431 e. The van der Waals surface area contributed by atoms with Gasteiger partial charge in [-0.2, -0.15) is 0 Å². The molecule has 0 saturated carbocycles. The number of piperazine rings is 1. The Morgan fingerprint density at radius 3 is 1.10 bits per heavy atom. The van der Waals surface area contributed by atoms with Crippen LogP contribution in [-0.2, 0) is 0 Å². The molecule has 1 aliphatic heterocycles. The molecule has 1 saturated heterocycles. The fraction of sp³-hybridized carbons (Fsp3) is 1.00. The Morgan fingerprint density at radius 1 is 0.690 bits per heavy atom. The van der Waals surface area contributed by atoms with Gasteiger partial charge in [0, 0.05) is 83.2 Å². The quantitative estimate of drug-likeness (QED) is 0.121. The van der Waals surface area contributed by atoms with Gasteiger partial charge in [0.1, 0.15) is 0 Å². The van der Waals surface area contributed by atoms with E-state index in [2.05, 4.69) is 85.1 Å². The SMILES string of the molecule is C1CNCCN1.I.II.I[I-]I.N.NCCCCCO.O.O.OCCCCCO. The van der Waals surface area contributed by atoms with Crippen LogP contribution in [0.1, 0.15) is 38.5 Å². The first-order valence-corrected chi connectivity index (χ1v) is 27.1. The molecule has 0 radical (unpaired) electrons. The fourth-order valence-corrected chi connectivity index (χ4v) is 1.44. The largest absolute Gasteiger partial charge is 0.412 e. The molecule has 1 rings (SSSR count). The Kier molecular flexibility index (Phi) is 130. The second-order valence-electron chi connectivity index (χ2n) is 4.63. The van der Waals surface area contributed by atoms with Crippen molar-refractivity contribution in [1.82, 2.24) is 16.8 Å². The van der Waals surface area contributed by atoms with Crippen LogP contribution >= 0.6 is 98.4 Å². The molecule has 0 aliphatic carbocycles. The van der Waals surface area contributed by atoms with Gasteiger partial charge in [-0.3, -0.25) is 0 Å². The number of aliphatic hydroxyl groups excluding tert-OH is 3. The summed E-state index contributed by atoms with van der Waals surface area (Å²) in [4.78, 5) is 0. The van der Waals surface area contributed by atoms with Crippen LogP contribution in [0, 0.1) is 0 Å². The molecule has 0 aromatic carbocycles. The molecule has 9 nitrogen and oxygen atoms in total. The Morgan fingerprint density at radius 2 is 0.931 bits per heavy atom. The van der Waals surface area contributed by atoms with Crippen molar-refractivity contribution in [2.24, 2.45) is 5.73 Å². The van der Waals surface area contributed by atoms with Gasteiger partial charge in [0.25, 0.3) is 0 Å². The molecule has 15 heteroatoms. The van der Waals surface area contributed by atoms with Gasteiger partial charge >= 0.3 is 50.5 Å². The molecular weight excluding hydrogens is 1070 g/mol. The van der Waals surface area contributed by atoms with Crippen LogP contribution in [0.2, 0.25) is 0 Å². The van der Waals surface area contributed by atoms with Crippen molar-refractivity contribution in [1.29, 1.82) is 0 Å². The van der Waals surface area contributed by atoms with Crippen LogP contribution in [0.25, 0.3) is 0 Å². The Bertz CT molecular complexity index is 158. The molecule has 0 unspecified atom stereocenters. The van der Waals surface area contributed by atoms with Crippen molar-refractivity contribution in [3.05, 3.63) is 0 Å². The van der Waals surface area contributed by atoms with Gasteiger partial charge in [0.15, 0.2) is 0 Å². The number of aliphatic hydroxyl groups is 3. The van der Waals surface area contributed by atoms with Gasteiger partial charge in [-0.1, -0.05) is 0 Å². The maximum absolute atomic E-state index is 8.25. The molecule has 0 bridgehead atoms. The molecule has 0 aromatic heterocycles. The minimum Gasteiger partial charge on any atom is -0.412 e. The Hall–Kier alpha value is 4.02. The van der Waals surface area contributed by atoms with E-state index in [1.165, 1.54) is 0 Å². The van der Waals surface area contributed by atoms with Gasteiger partial charge in [-0.05, 0) is 45.1 Å². The molecular formula is C14H43I6N4O5-. The number of unbranched alkanes of at least 4 members (excludes halogenated alkanes) is 4. The minimum absolute atomic E-state index is 0. The predicted molar refractivity (Wildman–Crippen MR) is 167 cm³/mol. The van der Waals surface area contributed by atoms with E-state index in [4.69, 9.17) is 21.1 Å². The molecule has 0 atom stereocenters. The number of rotatable bonds is 8. The fourth-order valence-electron chi connectivity index (χ4n) is 1.44. The molecule has 29 heavy (non-hydrogen) atoms. The summed E-state index contributed by atoms with van der Waals surface area (Å²) < 4.78 is 0. The van der Waals surface area contributed by atoms with Gasteiger partial charge in [0.05, 0.1) is 0 Å². The minimum atomic E-state index is 0. The summed E-state index contributed by atoms with van der Waals surface area (Å²) in [5.41, 5.74) is 5.19. The van der Waals surface area contributed by atoms with Gasteiger partial charge < -0.3 is 48.8 Å². The number of nitrogens with two attached hydrogens (primary N) is 1. The summed E-state index contributed by atoms with van der Waals surface area (Å²) in [7, 11) is 0. The van der Waals surface area contributed by atoms with Crippen molar-refractivity contribution in [2.75, 3.05) is 52.5 Å². The first-order valence-electron chi connectivity index (χ1n) is 8.20. The zero-order chi connectivity index (χ0) is 20.0.